The van der Waals surface area contributed by atoms with Crippen molar-refractivity contribution < 1.29 is 18.8 Å². The van der Waals surface area contributed by atoms with Gasteiger partial charge in [-0.15, -0.1) is 0 Å². The average molecular weight is 316 g/mol. The molecular formula is C17H20N2O4. The van der Waals surface area contributed by atoms with Gasteiger partial charge in [-0.05, 0) is 18.1 Å². The minimum Gasteiger partial charge on any atom is -0.485 e. The molecule has 1 amide bonds. The Balaban J connectivity index is 1.53. The molecule has 1 aromatic carbocycles. The SMILES string of the molecule is CC(C)Cc1cc(CNC(=O)[C@@H]2COc3ccccc3O2)no1. The molecule has 122 valence electrons. The second-order valence-corrected chi connectivity index (χ2v) is 5.96. The highest BCUT2D eigenvalue weighted by molar-refractivity contribution is 5.81. The lowest BCUT2D eigenvalue weighted by molar-refractivity contribution is -0.130. The van der Waals surface area contributed by atoms with E-state index in [1.165, 1.54) is 0 Å². The van der Waals surface area contributed by atoms with Crippen molar-refractivity contribution in [2.45, 2.75) is 32.9 Å². The lowest BCUT2D eigenvalue weighted by atomic mass is 10.1. The summed E-state index contributed by atoms with van der Waals surface area (Å²) in [6.45, 7) is 4.73. The zero-order valence-corrected chi connectivity index (χ0v) is 13.2. The van der Waals surface area contributed by atoms with Crippen molar-refractivity contribution in [3.8, 4) is 11.5 Å². The first-order valence-electron chi connectivity index (χ1n) is 7.72. The summed E-state index contributed by atoms with van der Waals surface area (Å²) >= 11 is 0. The van der Waals surface area contributed by atoms with Gasteiger partial charge in [-0.3, -0.25) is 4.79 Å². The number of benzene rings is 1. The van der Waals surface area contributed by atoms with Crippen LogP contribution in [0.15, 0.2) is 34.9 Å². The highest BCUT2D eigenvalue weighted by Crippen LogP contribution is 2.30. The van der Waals surface area contributed by atoms with Crippen LogP contribution in [0.25, 0.3) is 0 Å². The van der Waals surface area contributed by atoms with Crippen LogP contribution >= 0.6 is 0 Å². The number of ether oxygens (including phenoxy) is 2. The van der Waals surface area contributed by atoms with E-state index in [1.54, 1.807) is 6.07 Å². The zero-order valence-electron chi connectivity index (χ0n) is 13.2. The molecule has 0 radical (unpaired) electrons. The normalized spacial score (nSPS) is 16.4. The third-order valence-corrected chi connectivity index (χ3v) is 3.46. The quantitative estimate of drug-likeness (QED) is 0.916. The fraction of sp³-hybridized carbons (Fsp3) is 0.412. The van der Waals surface area contributed by atoms with Gasteiger partial charge in [-0.2, -0.15) is 0 Å². The molecule has 1 aromatic heterocycles. The van der Waals surface area contributed by atoms with Crippen molar-refractivity contribution in [3.63, 3.8) is 0 Å². The Labute approximate surface area is 134 Å². The van der Waals surface area contributed by atoms with E-state index in [0.717, 1.165) is 12.2 Å². The number of hydrogen-bond donors (Lipinski definition) is 1. The largest absolute Gasteiger partial charge is 0.485 e. The van der Waals surface area contributed by atoms with E-state index in [4.69, 9.17) is 14.0 Å². The van der Waals surface area contributed by atoms with E-state index in [2.05, 4.69) is 24.3 Å². The van der Waals surface area contributed by atoms with E-state index >= 15 is 0 Å². The Bertz CT molecular complexity index is 681. The van der Waals surface area contributed by atoms with E-state index in [0.29, 0.717) is 29.7 Å². The van der Waals surface area contributed by atoms with Crippen LogP contribution in [-0.2, 0) is 17.8 Å². The number of rotatable bonds is 5. The summed E-state index contributed by atoms with van der Waals surface area (Å²) < 4.78 is 16.4. The maximum absolute atomic E-state index is 12.2. The third-order valence-electron chi connectivity index (χ3n) is 3.46. The van der Waals surface area contributed by atoms with Gasteiger partial charge < -0.3 is 19.3 Å². The number of hydrogen-bond acceptors (Lipinski definition) is 5. The van der Waals surface area contributed by atoms with Gasteiger partial charge >= 0.3 is 0 Å². The number of aromatic nitrogens is 1. The van der Waals surface area contributed by atoms with Crippen LogP contribution < -0.4 is 14.8 Å². The second-order valence-electron chi connectivity index (χ2n) is 5.96. The molecule has 0 aliphatic carbocycles. The summed E-state index contributed by atoms with van der Waals surface area (Å²) in [4.78, 5) is 12.2. The number of fused-ring (bicyclic) bond motifs is 1. The molecule has 0 spiro atoms. The molecule has 1 aliphatic rings. The van der Waals surface area contributed by atoms with Crippen LogP contribution in [0, 0.1) is 5.92 Å². The lowest BCUT2D eigenvalue weighted by Crippen LogP contribution is -2.43. The van der Waals surface area contributed by atoms with E-state index < -0.39 is 6.10 Å². The molecular weight excluding hydrogens is 296 g/mol. The van der Waals surface area contributed by atoms with Gasteiger partial charge in [0.1, 0.15) is 18.1 Å². The van der Waals surface area contributed by atoms with Crippen molar-refractivity contribution in [1.29, 1.82) is 0 Å². The van der Waals surface area contributed by atoms with E-state index in [9.17, 15) is 4.79 Å². The molecule has 1 N–H and O–H groups in total. The van der Waals surface area contributed by atoms with Crippen molar-refractivity contribution in [3.05, 3.63) is 41.8 Å². The van der Waals surface area contributed by atoms with Crippen LogP contribution in [0.5, 0.6) is 11.5 Å². The van der Waals surface area contributed by atoms with Crippen molar-refractivity contribution in [1.82, 2.24) is 10.5 Å². The highest BCUT2D eigenvalue weighted by atomic mass is 16.6. The minimum absolute atomic E-state index is 0.195. The van der Waals surface area contributed by atoms with Crippen LogP contribution in [0.4, 0.5) is 0 Å². The summed E-state index contributed by atoms with van der Waals surface area (Å²) in [7, 11) is 0. The molecule has 1 aliphatic heterocycles. The predicted octanol–water partition coefficient (Wildman–Crippen LogP) is 2.33. The predicted molar refractivity (Wildman–Crippen MR) is 83.2 cm³/mol. The first-order valence-corrected chi connectivity index (χ1v) is 7.72. The molecule has 2 heterocycles. The summed E-state index contributed by atoms with van der Waals surface area (Å²) in [5, 5.41) is 6.76. The fourth-order valence-electron chi connectivity index (χ4n) is 2.38. The van der Waals surface area contributed by atoms with Gasteiger partial charge in [0.25, 0.3) is 5.91 Å². The summed E-state index contributed by atoms with van der Waals surface area (Å²) in [5.41, 5.74) is 0.700. The molecule has 0 fully saturated rings. The van der Waals surface area contributed by atoms with Gasteiger partial charge in [-0.1, -0.05) is 31.1 Å². The monoisotopic (exact) mass is 316 g/mol. The molecule has 0 saturated carbocycles. The Kier molecular flexibility index (Phi) is 4.50. The maximum atomic E-state index is 12.2. The van der Waals surface area contributed by atoms with Gasteiger partial charge in [0, 0.05) is 12.5 Å². The maximum Gasteiger partial charge on any atom is 0.265 e. The standard InChI is InChI=1S/C17H20N2O4/c1-11(2)7-13-8-12(19-23-13)9-18-17(20)16-10-21-14-5-3-4-6-15(14)22-16/h3-6,8,11,16H,7,9-10H2,1-2H3,(H,18,20)/t16-/m0/s1. The number of amides is 1. The minimum atomic E-state index is -0.660. The average Bonchev–Trinajstić information content (AvgIpc) is 2.98. The van der Waals surface area contributed by atoms with Gasteiger partial charge in [0.2, 0.25) is 6.10 Å². The second kappa shape index (κ2) is 6.73. The highest BCUT2D eigenvalue weighted by Gasteiger charge is 2.27. The molecule has 2 aromatic rings. The van der Waals surface area contributed by atoms with Crippen LogP contribution in [0.2, 0.25) is 0 Å². The molecule has 23 heavy (non-hydrogen) atoms. The Hall–Kier alpha value is -2.50. The first kappa shape index (κ1) is 15.4. The Morgan fingerprint density at radius 3 is 2.91 bits per heavy atom. The van der Waals surface area contributed by atoms with Crippen molar-refractivity contribution >= 4 is 5.91 Å². The number of carbonyl (C=O) groups excluding carboxylic acids is 1. The molecule has 3 rings (SSSR count). The molecule has 0 unspecified atom stereocenters. The number of nitrogens with zero attached hydrogens (tertiary/aromatic N) is 1. The van der Waals surface area contributed by atoms with Crippen LogP contribution in [0.1, 0.15) is 25.3 Å². The Morgan fingerprint density at radius 1 is 1.35 bits per heavy atom. The van der Waals surface area contributed by atoms with Crippen LogP contribution in [-0.4, -0.2) is 23.8 Å². The molecule has 6 nitrogen and oxygen atoms in total. The molecule has 1 atom stereocenters. The fourth-order valence-corrected chi connectivity index (χ4v) is 2.38. The van der Waals surface area contributed by atoms with Crippen LogP contribution in [0.3, 0.4) is 0 Å². The first-order chi connectivity index (χ1) is 11.1. The lowest BCUT2D eigenvalue weighted by Gasteiger charge is -2.25. The summed E-state index contributed by atoms with van der Waals surface area (Å²) in [5.74, 6) is 2.34. The van der Waals surface area contributed by atoms with E-state index in [1.807, 2.05) is 24.3 Å². The number of para-hydroxylation sites is 2. The van der Waals surface area contributed by atoms with Gasteiger partial charge in [0.05, 0.1) is 6.54 Å². The topological polar surface area (TPSA) is 73.6 Å². The zero-order chi connectivity index (χ0) is 16.2. The third kappa shape index (κ3) is 3.83. The molecule has 6 heteroatoms. The Morgan fingerprint density at radius 2 is 2.13 bits per heavy atom. The number of nitrogens with one attached hydrogen (secondary N) is 1. The van der Waals surface area contributed by atoms with Crippen molar-refractivity contribution in [2.75, 3.05) is 6.61 Å². The number of carbonyl (C=O) groups is 1. The molecule has 0 saturated heterocycles. The summed E-state index contributed by atoms with van der Waals surface area (Å²) in [6.07, 6.45) is 0.170. The van der Waals surface area contributed by atoms with E-state index in [-0.39, 0.29) is 12.5 Å². The summed E-state index contributed by atoms with van der Waals surface area (Å²) in [6, 6.07) is 9.17. The van der Waals surface area contributed by atoms with Gasteiger partial charge in [-0.25, -0.2) is 0 Å². The van der Waals surface area contributed by atoms with Gasteiger partial charge in [0.15, 0.2) is 11.5 Å². The molecule has 0 bridgehead atoms. The smallest absolute Gasteiger partial charge is 0.265 e. The van der Waals surface area contributed by atoms with Crippen molar-refractivity contribution in [2.24, 2.45) is 5.92 Å².